The quantitative estimate of drug-likeness (QED) is 0.628. The number of hydrogen-bond acceptors (Lipinski definition) is 5. The van der Waals surface area contributed by atoms with Crippen molar-refractivity contribution in [1.29, 1.82) is 0 Å². The van der Waals surface area contributed by atoms with Gasteiger partial charge in [0.15, 0.2) is 0 Å². The summed E-state index contributed by atoms with van der Waals surface area (Å²) in [6.07, 6.45) is 1.93. The number of anilines is 1. The minimum Gasteiger partial charge on any atom is -0.423 e. The van der Waals surface area contributed by atoms with Crippen molar-refractivity contribution in [2.75, 3.05) is 18.1 Å². The molecule has 7 heteroatoms. The second-order valence-corrected chi connectivity index (χ2v) is 6.87. The second-order valence-electron chi connectivity index (χ2n) is 6.87. The molecule has 0 bridgehead atoms. The second kappa shape index (κ2) is 8.48. The third kappa shape index (κ3) is 4.36. The van der Waals surface area contributed by atoms with Crippen LogP contribution >= 0.6 is 0 Å². The van der Waals surface area contributed by atoms with Crippen molar-refractivity contribution >= 4 is 5.69 Å². The lowest BCUT2D eigenvalue weighted by molar-refractivity contribution is 0.0721. The maximum absolute atomic E-state index is 14.2. The molecule has 146 valence electrons. The summed E-state index contributed by atoms with van der Waals surface area (Å²) in [5.41, 5.74) is 1.28. The number of benzene rings is 2. The molecule has 1 fully saturated rings. The molecule has 2 heterocycles. The van der Waals surface area contributed by atoms with Crippen LogP contribution < -0.4 is 4.90 Å². The van der Waals surface area contributed by atoms with Crippen LogP contribution in [0.3, 0.4) is 0 Å². The lowest BCUT2D eigenvalue weighted by Gasteiger charge is -2.23. The third-order valence-electron chi connectivity index (χ3n) is 4.83. The monoisotopic (exact) mass is 385 g/mol. The van der Waals surface area contributed by atoms with Crippen molar-refractivity contribution in [2.45, 2.75) is 31.8 Å². The highest BCUT2D eigenvalue weighted by molar-refractivity contribution is 5.47. The maximum Gasteiger partial charge on any atom is 0.235 e. The Bertz CT molecular complexity index is 908. The average molecular weight is 385 g/mol. The Morgan fingerprint density at radius 1 is 1.00 bits per heavy atom. The first-order valence-corrected chi connectivity index (χ1v) is 9.33. The Balaban J connectivity index is 1.56. The van der Waals surface area contributed by atoms with E-state index in [0.29, 0.717) is 37.0 Å². The van der Waals surface area contributed by atoms with Crippen molar-refractivity contribution < 1.29 is 17.9 Å². The predicted octanol–water partition coefficient (Wildman–Crippen LogP) is 4.45. The number of ether oxygens (including phenoxy) is 1. The minimum atomic E-state index is -0.327. The molecule has 0 saturated carbocycles. The summed E-state index contributed by atoms with van der Waals surface area (Å²) < 4.78 is 38.8. The average Bonchev–Trinajstić information content (AvgIpc) is 3.19. The summed E-state index contributed by atoms with van der Waals surface area (Å²) in [6.45, 7) is 1.93. The zero-order valence-corrected chi connectivity index (χ0v) is 15.4. The van der Waals surface area contributed by atoms with Crippen LogP contribution in [0.15, 0.2) is 52.9 Å². The smallest absolute Gasteiger partial charge is 0.235 e. The van der Waals surface area contributed by atoms with Gasteiger partial charge in [0.25, 0.3) is 0 Å². The van der Waals surface area contributed by atoms with E-state index in [4.69, 9.17) is 9.15 Å². The van der Waals surface area contributed by atoms with E-state index in [1.165, 1.54) is 18.2 Å². The highest BCUT2D eigenvalue weighted by Gasteiger charge is 2.23. The Labute approximate surface area is 162 Å². The summed E-state index contributed by atoms with van der Waals surface area (Å²) in [6, 6.07) is 12.7. The molecular weight excluding hydrogens is 364 g/mol. The summed E-state index contributed by atoms with van der Waals surface area (Å²) in [7, 11) is 0. The van der Waals surface area contributed by atoms with Gasteiger partial charge in [0.2, 0.25) is 11.8 Å². The van der Waals surface area contributed by atoms with Gasteiger partial charge in [0.1, 0.15) is 11.6 Å². The summed E-state index contributed by atoms with van der Waals surface area (Å²) in [4.78, 5) is 1.88. The first-order valence-electron chi connectivity index (χ1n) is 9.33. The number of rotatable bonds is 6. The molecule has 1 unspecified atom stereocenters. The Kier molecular flexibility index (Phi) is 5.62. The van der Waals surface area contributed by atoms with Crippen molar-refractivity contribution in [2.24, 2.45) is 0 Å². The molecule has 1 saturated heterocycles. The van der Waals surface area contributed by atoms with Crippen molar-refractivity contribution in [1.82, 2.24) is 10.2 Å². The van der Waals surface area contributed by atoms with Gasteiger partial charge >= 0.3 is 0 Å². The fourth-order valence-corrected chi connectivity index (χ4v) is 3.32. The van der Waals surface area contributed by atoms with Crippen LogP contribution in [0.2, 0.25) is 0 Å². The molecule has 4 rings (SSSR count). The molecular formula is C21H21F2N3O2. The topological polar surface area (TPSA) is 51.4 Å². The molecule has 1 aromatic heterocycles. The molecule has 0 spiro atoms. The fraction of sp³-hybridized carbons (Fsp3) is 0.333. The van der Waals surface area contributed by atoms with Gasteiger partial charge in [0, 0.05) is 24.4 Å². The number of nitrogens with zero attached hydrogens (tertiary/aromatic N) is 3. The van der Waals surface area contributed by atoms with Gasteiger partial charge < -0.3 is 14.1 Å². The first kappa shape index (κ1) is 18.6. The van der Waals surface area contributed by atoms with Crippen LogP contribution in [0.5, 0.6) is 0 Å². The van der Waals surface area contributed by atoms with E-state index in [1.54, 1.807) is 30.3 Å². The highest BCUT2D eigenvalue weighted by Crippen LogP contribution is 2.26. The summed E-state index contributed by atoms with van der Waals surface area (Å²) in [5, 5.41) is 8.32. The molecule has 0 aliphatic carbocycles. The molecule has 1 atom stereocenters. The van der Waals surface area contributed by atoms with Gasteiger partial charge in [-0.15, -0.1) is 10.2 Å². The Hall–Kier alpha value is -2.80. The number of halogens is 2. The Morgan fingerprint density at radius 3 is 2.57 bits per heavy atom. The van der Waals surface area contributed by atoms with Crippen LogP contribution in [0.1, 0.15) is 36.1 Å². The molecule has 1 aliphatic heterocycles. The Morgan fingerprint density at radius 2 is 1.82 bits per heavy atom. The lowest BCUT2D eigenvalue weighted by Crippen LogP contribution is -2.23. The lowest BCUT2D eigenvalue weighted by atomic mass is 10.0. The number of aromatic nitrogens is 2. The van der Waals surface area contributed by atoms with Gasteiger partial charge in [-0.1, -0.05) is 18.2 Å². The van der Waals surface area contributed by atoms with Crippen LogP contribution in [-0.4, -0.2) is 23.4 Å². The van der Waals surface area contributed by atoms with Crippen molar-refractivity contribution in [3.05, 3.63) is 77.5 Å². The van der Waals surface area contributed by atoms with Gasteiger partial charge in [-0.2, -0.15) is 0 Å². The van der Waals surface area contributed by atoms with E-state index in [2.05, 4.69) is 10.2 Å². The van der Waals surface area contributed by atoms with Gasteiger partial charge in [0.05, 0.1) is 19.1 Å². The van der Waals surface area contributed by atoms with E-state index in [-0.39, 0.29) is 17.6 Å². The first-order chi connectivity index (χ1) is 13.7. The predicted molar refractivity (Wildman–Crippen MR) is 99.8 cm³/mol. The molecule has 0 N–H and O–H groups in total. The molecule has 5 nitrogen and oxygen atoms in total. The zero-order chi connectivity index (χ0) is 19.3. The molecule has 28 heavy (non-hydrogen) atoms. The van der Waals surface area contributed by atoms with Crippen molar-refractivity contribution in [3.63, 3.8) is 0 Å². The molecule has 1 aliphatic rings. The van der Waals surface area contributed by atoms with Gasteiger partial charge in [-0.3, -0.25) is 0 Å². The van der Waals surface area contributed by atoms with E-state index >= 15 is 0 Å². The maximum atomic E-state index is 14.2. The van der Waals surface area contributed by atoms with Crippen molar-refractivity contribution in [3.8, 4) is 0 Å². The minimum absolute atomic E-state index is 0.112. The third-order valence-corrected chi connectivity index (χ3v) is 4.83. The number of hydrogen-bond donors (Lipinski definition) is 0. The van der Waals surface area contributed by atoms with E-state index < -0.39 is 0 Å². The van der Waals surface area contributed by atoms with Gasteiger partial charge in [-0.05, 0) is 43.2 Å². The highest BCUT2D eigenvalue weighted by atomic mass is 19.1. The molecule has 2 aromatic carbocycles. The summed E-state index contributed by atoms with van der Waals surface area (Å²) >= 11 is 0. The molecule has 0 radical (unpaired) electrons. The van der Waals surface area contributed by atoms with Crippen LogP contribution in [0, 0.1) is 11.6 Å². The van der Waals surface area contributed by atoms with Crippen LogP contribution in [-0.2, 0) is 17.8 Å². The zero-order valence-electron chi connectivity index (χ0n) is 15.4. The van der Waals surface area contributed by atoms with Crippen LogP contribution in [0.4, 0.5) is 14.5 Å². The SMILES string of the molecule is Fc1ccc(N(Cc2nnc(C3CCCOC3)o2)Cc2ccccc2F)cc1. The summed E-state index contributed by atoms with van der Waals surface area (Å²) in [5.74, 6) is 0.494. The molecule has 3 aromatic rings. The van der Waals surface area contributed by atoms with E-state index in [9.17, 15) is 8.78 Å². The normalized spacial score (nSPS) is 16.9. The fourth-order valence-electron chi connectivity index (χ4n) is 3.32. The van der Waals surface area contributed by atoms with E-state index in [0.717, 1.165) is 25.1 Å². The van der Waals surface area contributed by atoms with E-state index in [1.807, 2.05) is 4.90 Å². The van der Waals surface area contributed by atoms with Crippen LogP contribution in [0.25, 0.3) is 0 Å². The molecule has 0 amide bonds. The largest absolute Gasteiger partial charge is 0.423 e. The standard InChI is InChI=1S/C21H21F2N3O2/c22-17-7-9-18(10-8-17)26(12-15-4-1-2-6-19(15)23)13-20-24-25-21(28-20)16-5-3-11-27-14-16/h1-2,4,6-10,16H,3,5,11-14H2. The van der Waals surface area contributed by atoms with Gasteiger partial charge in [-0.25, -0.2) is 8.78 Å².